The fourth-order valence-electron chi connectivity index (χ4n) is 2.24. The van der Waals surface area contributed by atoms with Crippen molar-refractivity contribution in [1.29, 1.82) is 5.26 Å². The number of nitrogens with one attached hydrogen (secondary N) is 1. The summed E-state index contributed by atoms with van der Waals surface area (Å²) in [5.41, 5.74) is 1.90. The summed E-state index contributed by atoms with van der Waals surface area (Å²) in [6.07, 6.45) is 0.510. The summed E-state index contributed by atoms with van der Waals surface area (Å²) in [7, 11) is 1.58. The van der Waals surface area contributed by atoms with Crippen molar-refractivity contribution in [2.24, 2.45) is 0 Å². The second-order valence-electron chi connectivity index (χ2n) is 5.30. The summed E-state index contributed by atoms with van der Waals surface area (Å²) in [4.78, 5) is 11.3. The number of rotatable bonds is 8. The lowest BCUT2D eigenvalue weighted by molar-refractivity contribution is -0.120. The van der Waals surface area contributed by atoms with E-state index in [4.69, 9.17) is 26.3 Å². The van der Waals surface area contributed by atoms with Crippen LogP contribution in [-0.2, 0) is 17.8 Å². The van der Waals surface area contributed by atoms with Gasteiger partial charge in [-0.15, -0.1) is 0 Å². The van der Waals surface area contributed by atoms with Crippen molar-refractivity contribution in [1.82, 2.24) is 5.32 Å². The Kier molecular flexibility index (Phi) is 7.12. The van der Waals surface area contributed by atoms with E-state index >= 15 is 0 Å². The summed E-state index contributed by atoms with van der Waals surface area (Å²) in [6, 6.07) is 15.0. The zero-order valence-electron chi connectivity index (χ0n) is 13.9. The number of methoxy groups -OCH3 is 1. The predicted octanol–water partition coefficient (Wildman–Crippen LogP) is 3.50. The first-order valence-corrected chi connectivity index (χ1v) is 8.18. The van der Waals surface area contributed by atoms with Crippen molar-refractivity contribution in [3.63, 3.8) is 0 Å². The van der Waals surface area contributed by atoms with Crippen molar-refractivity contribution < 1.29 is 14.3 Å². The highest BCUT2D eigenvalue weighted by Crippen LogP contribution is 2.29. The third-order valence-corrected chi connectivity index (χ3v) is 3.91. The lowest BCUT2D eigenvalue weighted by Gasteiger charge is -2.13. The van der Waals surface area contributed by atoms with Crippen molar-refractivity contribution in [3.8, 4) is 17.6 Å². The van der Waals surface area contributed by atoms with E-state index in [1.807, 2.05) is 48.5 Å². The van der Waals surface area contributed by atoms with Gasteiger partial charge in [0.1, 0.15) is 13.0 Å². The molecule has 0 unspecified atom stereocenters. The predicted molar refractivity (Wildman–Crippen MR) is 95.7 cm³/mol. The van der Waals surface area contributed by atoms with Gasteiger partial charge >= 0.3 is 0 Å². The molecule has 0 saturated heterocycles. The molecule has 0 heterocycles. The number of nitriles is 1. The second-order valence-corrected chi connectivity index (χ2v) is 5.71. The van der Waals surface area contributed by atoms with Gasteiger partial charge in [-0.2, -0.15) is 5.26 Å². The molecule has 6 heteroatoms. The molecule has 2 aromatic rings. The van der Waals surface area contributed by atoms with Gasteiger partial charge in [0, 0.05) is 17.1 Å². The first kappa shape index (κ1) is 18.6. The van der Waals surface area contributed by atoms with Gasteiger partial charge in [0.15, 0.2) is 11.5 Å². The molecule has 1 amide bonds. The minimum Gasteiger partial charge on any atom is -0.493 e. The van der Waals surface area contributed by atoms with E-state index in [1.54, 1.807) is 7.11 Å². The van der Waals surface area contributed by atoms with Gasteiger partial charge in [-0.1, -0.05) is 35.9 Å². The first-order chi connectivity index (χ1) is 12.1. The molecule has 0 spiro atoms. The molecule has 0 bridgehead atoms. The Hall–Kier alpha value is -2.71. The highest BCUT2D eigenvalue weighted by Gasteiger charge is 2.08. The molecule has 0 aliphatic carbocycles. The molecule has 5 nitrogen and oxygen atoms in total. The van der Waals surface area contributed by atoms with Crippen LogP contribution in [0.15, 0.2) is 42.5 Å². The van der Waals surface area contributed by atoms with E-state index in [0.29, 0.717) is 36.1 Å². The zero-order chi connectivity index (χ0) is 18.1. The number of halogens is 1. The largest absolute Gasteiger partial charge is 0.493 e. The van der Waals surface area contributed by atoms with Crippen LogP contribution < -0.4 is 14.8 Å². The number of nitrogens with zero attached hydrogens (tertiary/aromatic N) is 1. The number of benzene rings is 2. The number of hydrogen-bond acceptors (Lipinski definition) is 4. The van der Waals surface area contributed by atoms with Crippen LogP contribution in [0, 0.1) is 11.3 Å². The SMILES string of the molecule is COc1cc(CCNC(=O)CC#N)ccc1OCc1ccccc1Cl. The minimum absolute atomic E-state index is 0.127. The number of ether oxygens (including phenoxy) is 2. The van der Waals surface area contributed by atoms with Gasteiger partial charge in [0.05, 0.1) is 13.2 Å². The molecule has 2 aromatic carbocycles. The molecule has 130 valence electrons. The Labute approximate surface area is 152 Å². The lowest BCUT2D eigenvalue weighted by Crippen LogP contribution is -2.24. The van der Waals surface area contributed by atoms with Gasteiger partial charge < -0.3 is 14.8 Å². The number of carbonyl (C=O) groups is 1. The lowest BCUT2D eigenvalue weighted by atomic mass is 10.1. The summed E-state index contributed by atoms with van der Waals surface area (Å²) in [5.74, 6) is 0.974. The average Bonchev–Trinajstić information content (AvgIpc) is 2.62. The van der Waals surface area contributed by atoms with Crippen LogP contribution >= 0.6 is 11.6 Å². The summed E-state index contributed by atoms with van der Waals surface area (Å²) < 4.78 is 11.2. The van der Waals surface area contributed by atoms with E-state index in [1.165, 1.54) is 0 Å². The molecular formula is C19H19ClN2O3. The molecule has 0 radical (unpaired) electrons. The molecule has 0 aromatic heterocycles. The summed E-state index contributed by atoms with van der Waals surface area (Å²) >= 11 is 6.13. The van der Waals surface area contributed by atoms with Crippen LogP contribution in [-0.4, -0.2) is 19.6 Å². The topological polar surface area (TPSA) is 71.3 Å². The maximum absolute atomic E-state index is 11.3. The van der Waals surface area contributed by atoms with Crippen molar-refractivity contribution in [2.45, 2.75) is 19.4 Å². The number of amides is 1. The minimum atomic E-state index is -0.269. The van der Waals surface area contributed by atoms with Crippen LogP contribution in [0.3, 0.4) is 0 Å². The Morgan fingerprint density at radius 2 is 2.04 bits per heavy atom. The Morgan fingerprint density at radius 3 is 2.76 bits per heavy atom. The van der Waals surface area contributed by atoms with E-state index < -0.39 is 0 Å². The van der Waals surface area contributed by atoms with Gasteiger partial charge in [0.2, 0.25) is 5.91 Å². The third-order valence-electron chi connectivity index (χ3n) is 3.54. The Balaban J connectivity index is 1.95. The summed E-state index contributed by atoms with van der Waals surface area (Å²) in [6.45, 7) is 0.809. The Morgan fingerprint density at radius 1 is 1.24 bits per heavy atom. The van der Waals surface area contributed by atoms with Crippen LogP contribution in [0.25, 0.3) is 0 Å². The normalized spacial score (nSPS) is 9.96. The van der Waals surface area contributed by atoms with Crippen LogP contribution in [0.4, 0.5) is 0 Å². The van der Waals surface area contributed by atoms with Gasteiger partial charge in [-0.05, 0) is 30.2 Å². The standard InChI is InChI=1S/C19H19ClN2O3/c1-24-18-12-14(9-11-22-19(23)8-10-21)6-7-17(18)25-13-15-4-2-3-5-16(15)20/h2-7,12H,8-9,11,13H2,1H3,(H,22,23). The highest BCUT2D eigenvalue weighted by molar-refractivity contribution is 6.31. The smallest absolute Gasteiger partial charge is 0.234 e. The fourth-order valence-corrected chi connectivity index (χ4v) is 2.43. The molecule has 0 fully saturated rings. The van der Waals surface area contributed by atoms with Crippen molar-refractivity contribution in [2.75, 3.05) is 13.7 Å². The van der Waals surface area contributed by atoms with Crippen molar-refractivity contribution >= 4 is 17.5 Å². The molecule has 1 N–H and O–H groups in total. The quantitative estimate of drug-likeness (QED) is 0.784. The Bertz CT molecular complexity index is 772. The molecule has 0 aliphatic heterocycles. The number of carbonyl (C=O) groups excluding carboxylic acids is 1. The maximum Gasteiger partial charge on any atom is 0.234 e. The van der Waals surface area contributed by atoms with Gasteiger partial charge in [0.25, 0.3) is 0 Å². The monoisotopic (exact) mass is 358 g/mol. The zero-order valence-corrected chi connectivity index (χ0v) is 14.7. The molecule has 2 rings (SSSR count). The number of hydrogen-bond donors (Lipinski definition) is 1. The third kappa shape index (κ3) is 5.70. The van der Waals surface area contributed by atoms with E-state index in [9.17, 15) is 4.79 Å². The highest BCUT2D eigenvalue weighted by atomic mass is 35.5. The molecule has 25 heavy (non-hydrogen) atoms. The molecule has 0 aliphatic rings. The average molecular weight is 359 g/mol. The fraction of sp³-hybridized carbons (Fsp3) is 0.263. The van der Waals surface area contributed by atoms with Gasteiger partial charge in [-0.3, -0.25) is 4.79 Å². The van der Waals surface area contributed by atoms with Crippen molar-refractivity contribution in [3.05, 3.63) is 58.6 Å². The first-order valence-electron chi connectivity index (χ1n) is 7.81. The summed E-state index contributed by atoms with van der Waals surface area (Å²) in [5, 5.41) is 11.8. The maximum atomic E-state index is 11.3. The van der Waals surface area contributed by atoms with E-state index in [2.05, 4.69) is 5.32 Å². The molecule has 0 saturated carbocycles. The van der Waals surface area contributed by atoms with Crippen LogP contribution in [0.1, 0.15) is 17.5 Å². The molecule has 0 atom stereocenters. The van der Waals surface area contributed by atoms with E-state index in [0.717, 1.165) is 11.1 Å². The van der Waals surface area contributed by atoms with Crippen LogP contribution in [0.5, 0.6) is 11.5 Å². The van der Waals surface area contributed by atoms with Crippen LogP contribution in [0.2, 0.25) is 5.02 Å². The molecular weight excluding hydrogens is 340 g/mol. The van der Waals surface area contributed by atoms with Gasteiger partial charge in [-0.25, -0.2) is 0 Å². The second kappa shape index (κ2) is 9.55. The van der Waals surface area contributed by atoms with E-state index in [-0.39, 0.29) is 12.3 Å².